The molecule has 1 aromatic carbocycles. The van der Waals surface area contributed by atoms with E-state index in [1.807, 2.05) is 44.4 Å². The van der Waals surface area contributed by atoms with Gasteiger partial charge in [0.2, 0.25) is 0 Å². The topological polar surface area (TPSA) is 81.0 Å². The number of anilines is 1. The van der Waals surface area contributed by atoms with E-state index < -0.39 is 6.09 Å². The Morgan fingerprint density at radius 1 is 1.24 bits per heavy atom. The summed E-state index contributed by atoms with van der Waals surface area (Å²) in [6.45, 7) is 7.14. The Morgan fingerprint density at radius 2 is 2.00 bits per heavy atom. The molecule has 2 heterocycles. The van der Waals surface area contributed by atoms with E-state index >= 15 is 0 Å². The Bertz CT molecular complexity index is 1210. The van der Waals surface area contributed by atoms with Crippen molar-refractivity contribution in [2.75, 3.05) is 33.1 Å². The monoisotopic (exact) mass is 507 g/mol. The zero-order valence-electron chi connectivity index (χ0n) is 23.1. The summed E-state index contributed by atoms with van der Waals surface area (Å²) in [5.41, 5.74) is 4.34. The molecule has 8 heteroatoms. The number of carbonyl (C=O) groups is 1. The van der Waals surface area contributed by atoms with Gasteiger partial charge in [-0.25, -0.2) is 9.78 Å². The second-order valence-electron chi connectivity index (χ2n) is 10.6. The molecule has 0 saturated heterocycles. The molecule has 4 rings (SSSR count). The van der Waals surface area contributed by atoms with Gasteiger partial charge in [-0.1, -0.05) is 19.4 Å². The number of ether oxygens (including phenoxy) is 2. The number of carbonyl (C=O) groups excluding carboxylic acids is 1. The first-order chi connectivity index (χ1) is 17.8. The first-order valence-electron chi connectivity index (χ1n) is 13.4. The van der Waals surface area contributed by atoms with Gasteiger partial charge in [-0.15, -0.1) is 0 Å². The van der Waals surface area contributed by atoms with Gasteiger partial charge in [0.05, 0.1) is 29.7 Å². The minimum atomic E-state index is -0.480. The van der Waals surface area contributed by atoms with Gasteiger partial charge in [0.25, 0.3) is 0 Å². The molecule has 0 bridgehead atoms. The minimum absolute atomic E-state index is 0.140. The second kappa shape index (κ2) is 11.9. The summed E-state index contributed by atoms with van der Waals surface area (Å²) in [7, 11) is 5.91. The molecule has 3 aromatic rings. The highest BCUT2D eigenvalue weighted by atomic mass is 16.6. The van der Waals surface area contributed by atoms with Gasteiger partial charge in [0.1, 0.15) is 17.7 Å². The van der Waals surface area contributed by atoms with Crippen LogP contribution in [0.15, 0.2) is 30.6 Å². The van der Waals surface area contributed by atoms with Crippen LogP contribution in [-0.4, -0.2) is 59.2 Å². The largest absolute Gasteiger partial charge is 0.495 e. The maximum atomic E-state index is 12.4. The quantitative estimate of drug-likeness (QED) is 0.367. The third-order valence-electron chi connectivity index (χ3n) is 7.32. The number of hydrogen-bond donors (Lipinski definition) is 1. The molecule has 1 aliphatic rings. The third-order valence-corrected chi connectivity index (χ3v) is 7.32. The molecule has 0 spiro atoms. The molecule has 0 aliphatic heterocycles. The highest BCUT2D eigenvalue weighted by Crippen LogP contribution is 2.39. The summed E-state index contributed by atoms with van der Waals surface area (Å²) in [6, 6.07) is 5.75. The van der Waals surface area contributed by atoms with Crippen LogP contribution in [0.4, 0.5) is 10.5 Å². The summed E-state index contributed by atoms with van der Waals surface area (Å²) in [4.78, 5) is 24.4. The third kappa shape index (κ3) is 6.24. The number of benzene rings is 1. The van der Waals surface area contributed by atoms with Crippen molar-refractivity contribution in [3.05, 3.63) is 42.1 Å². The fourth-order valence-corrected chi connectivity index (χ4v) is 5.56. The number of rotatable bonds is 9. The SMILES string of the molecule is CCC[C@H](C)OC(=O)Nc1ccc(-c2nc(C3CCC(CN(C)C)CC3)n3ccnc(C)c23)cc1OC. The van der Waals surface area contributed by atoms with Crippen molar-refractivity contribution < 1.29 is 14.3 Å². The Kier molecular flexibility index (Phi) is 8.69. The van der Waals surface area contributed by atoms with Gasteiger partial charge in [-0.3, -0.25) is 14.7 Å². The van der Waals surface area contributed by atoms with Crippen LogP contribution in [0.5, 0.6) is 5.75 Å². The summed E-state index contributed by atoms with van der Waals surface area (Å²) in [5.74, 6) is 2.84. The zero-order valence-corrected chi connectivity index (χ0v) is 23.1. The van der Waals surface area contributed by atoms with E-state index in [2.05, 4.69) is 40.6 Å². The van der Waals surface area contributed by atoms with E-state index in [0.29, 0.717) is 17.4 Å². The van der Waals surface area contributed by atoms with Gasteiger partial charge in [-0.2, -0.15) is 0 Å². The molecule has 0 radical (unpaired) electrons. The molecule has 200 valence electrons. The fourth-order valence-electron chi connectivity index (χ4n) is 5.56. The maximum absolute atomic E-state index is 12.4. The summed E-state index contributed by atoms with van der Waals surface area (Å²) in [6.07, 6.45) is 9.77. The van der Waals surface area contributed by atoms with Crippen LogP contribution in [0.1, 0.15) is 69.8 Å². The number of amides is 1. The molecular weight excluding hydrogens is 466 g/mol. The molecule has 1 N–H and O–H groups in total. The number of methoxy groups -OCH3 is 1. The van der Waals surface area contributed by atoms with Crippen LogP contribution >= 0.6 is 0 Å². The molecule has 1 atom stereocenters. The van der Waals surface area contributed by atoms with Crippen LogP contribution in [-0.2, 0) is 4.74 Å². The molecular formula is C29H41N5O3. The first kappa shape index (κ1) is 26.9. The predicted molar refractivity (Wildman–Crippen MR) is 147 cm³/mol. The number of aryl methyl sites for hydroxylation is 1. The predicted octanol–water partition coefficient (Wildman–Crippen LogP) is 6.29. The molecule has 1 fully saturated rings. The van der Waals surface area contributed by atoms with Crippen LogP contribution in [0.3, 0.4) is 0 Å². The lowest BCUT2D eigenvalue weighted by molar-refractivity contribution is 0.115. The average molecular weight is 508 g/mol. The number of aromatic nitrogens is 3. The molecule has 37 heavy (non-hydrogen) atoms. The highest BCUT2D eigenvalue weighted by Gasteiger charge is 2.28. The Balaban J connectivity index is 1.62. The van der Waals surface area contributed by atoms with Gasteiger partial charge < -0.3 is 14.4 Å². The average Bonchev–Trinajstić information content (AvgIpc) is 3.25. The van der Waals surface area contributed by atoms with Crippen LogP contribution < -0.4 is 10.1 Å². The highest BCUT2D eigenvalue weighted by molar-refractivity contribution is 5.89. The summed E-state index contributed by atoms with van der Waals surface area (Å²) >= 11 is 0. The Hall–Kier alpha value is -3.13. The van der Waals surface area contributed by atoms with E-state index in [-0.39, 0.29) is 6.10 Å². The van der Waals surface area contributed by atoms with Crippen molar-refractivity contribution in [1.29, 1.82) is 0 Å². The van der Waals surface area contributed by atoms with Crippen LogP contribution in [0.2, 0.25) is 0 Å². The van der Waals surface area contributed by atoms with Gasteiger partial charge in [0.15, 0.2) is 0 Å². The fraction of sp³-hybridized carbons (Fsp3) is 0.552. The Labute approximate surface area is 220 Å². The van der Waals surface area contributed by atoms with Gasteiger partial charge in [0, 0.05) is 30.4 Å². The van der Waals surface area contributed by atoms with E-state index in [9.17, 15) is 4.79 Å². The van der Waals surface area contributed by atoms with Crippen molar-refractivity contribution in [3.8, 4) is 17.0 Å². The van der Waals surface area contributed by atoms with Crippen molar-refractivity contribution in [3.63, 3.8) is 0 Å². The van der Waals surface area contributed by atoms with Crippen molar-refractivity contribution in [1.82, 2.24) is 19.3 Å². The van der Waals surface area contributed by atoms with Crippen molar-refractivity contribution in [2.45, 2.75) is 71.3 Å². The zero-order chi connectivity index (χ0) is 26.5. The first-order valence-corrected chi connectivity index (χ1v) is 13.4. The van der Waals surface area contributed by atoms with Gasteiger partial charge in [-0.05, 0) is 78.1 Å². The smallest absolute Gasteiger partial charge is 0.412 e. The summed E-state index contributed by atoms with van der Waals surface area (Å²) in [5, 5.41) is 2.82. The number of nitrogens with one attached hydrogen (secondary N) is 1. The Morgan fingerprint density at radius 3 is 2.68 bits per heavy atom. The van der Waals surface area contributed by atoms with Crippen LogP contribution in [0.25, 0.3) is 16.8 Å². The standard InChI is InChI=1S/C29H41N5O3/c1-7-8-19(2)37-29(35)31-24-14-13-23(17-25(24)36-6)26-27-20(3)30-15-16-34(27)28(32-26)22-11-9-21(10-12-22)18-33(4)5/h13-17,19,21-22H,7-12,18H2,1-6H3,(H,31,35)/t19-,21?,22?/m0/s1. The number of hydrogen-bond acceptors (Lipinski definition) is 6. The van der Waals surface area contributed by atoms with Crippen molar-refractivity contribution in [2.24, 2.45) is 5.92 Å². The molecule has 1 aliphatic carbocycles. The maximum Gasteiger partial charge on any atom is 0.412 e. The number of fused-ring (bicyclic) bond motifs is 1. The van der Waals surface area contributed by atoms with Crippen molar-refractivity contribution >= 4 is 17.3 Å². The normalized spacial score (nSPS) is 18.7. The van der Waals surface area contributed by atoms with E-state index in [0.717, 1.165) is 66.4 Å². The molecule has 0 unspecified atom stereocenters. The van der Waals surface area contributed by atoms with E-state index in [4.69, 9.17) is 14.5 Å². The molecule has 1 amide bonds. The molecule has 1 saturated carbocycles. The van der Waals surface area contributed by atoms with Crippen LogP contribution in [0, 0.1) is 12.8 Å². The number of imidazole rings is 1. The van der Waals surface area contributed by atoms with E-state index in [1.165, 1.54) is 12.8 Å². The number of nitrogens with zero attached hydrogens (tertiary/aromatic N) is 4. The van der Waals surface area contributed by atoms with Gasteiger partial charge >= 0.3 is 6.09 Å². The molecule has 2 aromatic heterocycles. The second-order valence-corrected chi connectivity index (χ2v) is 10.6. The molecule has 8 nitrogen and oxygen atoms in total. The lowest BCUT2D eigenvalue weighted by atomic mass is 9.81. The lowest BCUT2D eigenvalue weighted by Gasteiger charge is -2.29. The minimum Gasteiger partial charge on any atom is -0.495 e. The van der Waals surface area contributed by atoms with E-state index in [1.54, 1.807) is 7.11 Å². The lowest BCUT2D eigenvalue weighted by Crippen LogP contribution is -2.25. The summed E-state index contributed by atoms with van der Waals surface area (Å²) < 4.78 is 13.3.